The lowest BCUT2D eigenvalue weighted by Gasteiger charge is -2.15. The van der Waals surface area contributed by atoms with Gasteiger partial charge in [0.1, 0.15) is 6.10 Å². The zero-order chi connectivity index (χ0) is 12.8. The van der Waals surface area contributed by atoms with Crippen molar-refractivity contribution in [2.24, 2.45) is 0 Å². The third-order valence-corrected chi connectivity index (χ3v) is 3.17. The van der Waals surface area contributed by atoms with E-state index in [1.54, 1.807) is 18.2 Å². The van der Waals surface area contributed by atoms with E-state index in [0.29, 0.717) is 5.56 Å². The standard InChI is InChI=1S/C13H15NO3/c1-7(15)11(16)8-4-5-10-9(6-8)13(2,3)12(17)14-10/h4-7,15H,1-3H3,(H,14,17). The van der Waals surface area contributed by atoms with Crippen LogP contribution in [0, 0.1) is 0 Å². The second-order valence-corrected chi connectivity index (χ2v) is 4.88. The molecule has 0 aromatic heterocycles. The molecule has 1 aromatic rings. The number of carbonyl (C=O) groups is 2. The molecular formula is C13H15NO3. The first-order valence-corrected chi connectivity index (χ1v) is 5.52. The summed E-state index contributed by atoms with van der Waals surface area (Å²) in [6.45, 7) is 5.06. The first-order chi connectivity index (χ1) is 7.84. The Kier molecular flexibility index (Phi) is 2.54. The highest BCUT2D eigenvalue weighted by Gasteiger charge is 2.38. The molecule has 1 aliphatic rings. The Hall–Kier alpha value is -1.68. The average molecular weight is 233 g/mol. The number of benzene rings is 1. The minimum Gasteiger partial charge on any atom is -0.385 e. The number of fused-ring (bicyclic) bond motifs is 1. The summed E-state index contributed by atoms with van der Waals surface area (Å²) in [4.78, 5) is 23.4. The van der Waals surface area contributed by atoms with Crippen molar-refractivity contribution in [2.75, 3.05) is 5.32 Å². The summed E-state index contributed by atoms with van der Waals surface area (Å²) < 4.78 is 0. The Labute approximate surface area is 99.6 Å². The van der Waals surface area contributed by atoms with Crippen molar-refractivity contribution in [3.8, 4) is 0 Å². The molecular weight excluding hydrogens is 218 g/mol. The minimum atomic E-state index is -1.03. The summed E-state index contributed by atoms with van der Waals surface area (Å²) in [6.07, 6.45) is -1.03. The van der Waals surface area contributed by atoms with Gasteiger partial charge in [-0.25, -0.2) is 0 Å². The van der Waals surface area contributed by atoms with Gasteiger partial charge in [0.2, 0.25) is 5.91 Å². The number of amides is 1. The molecule has 1 atom stereocenters. The Bertz CT molecular complexity index is 503. The first kappa shape index (κ1) is 11.8. The number of aliphatic hydroxyl groups excluding tert-OH is 1. The topological polar surface area (TPSA) is 66.4 Å². The predicted molar refractivity (Wildman–Crippen MR) is 64.1 cm³/mol. The van der Waals surface area contributed by atoms with Gasteiger partial charge < -0.3 is 10.4 Å². The maximum absolute atomic E-state index is 11.7. The lowest BCUT2D eigenvalue weighted by molar-refractivity contribution is -0.119. The van der Waals surface area contributed by atoms with Gasteiger partial charge in [0.15, 0.2) is 5.78 Å². The fourth-order valence-corrected chi connectivity index (χ4v) is 1.97. The number of aliphatic hydroxyl groups is 1. The van der Waals surface area contributed by atoms with Gasteiger partial charge in [0.25, 0.3) is 0 Å². The maximum Gasteiger partial charge on any atom is 0.234 e. The second kappa shape index (κ2) is 3.67. The molecule has 2 rings (SSSR count). The van der Waals surface area contributed by atoms with E-state index < -0.39 is 11.5 Å². The number of anilines is 1. The minimum absolute atomic E-state index is 0.0749. The summed E-state index contributed by atoms with van der Waals surface area (Å²) >= 11 is 0. The first-order valence-electron chi connectivity index (χ1n) is 5.52. The van der Waals surface area contributed by atoms with E-state index in [0.717, 1.165) is 11.3 Å². The number of ketones is 1. The van der Waals surface area contributed by atoms with Gasteiger partial charge in [-0.1, -0.05) is 0 Å². The normalized spacial score (nSPS) is 18.5. The van der Waals surface area contributed by atoms with E-state index >= 15 is 0 Å². The quantitative estimate of drug-likeness (QED) is 0.760. The van der Waals surface area contributed by atoms with Crippen LogP contribution in [-0.4, -0.2) is 22.9 Å². The molecule has 1 unspecified atom stereocenters. The summed E-state index contributed by atoms with van der Waals surface area (Å²) in [7, 11) is 0. The van der Waals surface area contributed by atoms with E-state index in [1.165, 1.54) is 6.92 Å². The smallest absolute Gasteiger partial charge is 0.234 e. The third-order valence-electron chi connectivity index (χ3n) is 3.17. The highest BCUT2D eigenvalue weighted by Crippen LogP contribution is 2.37. The van der Waals surface area contributed by atoms with Gasteiger partial charge in [-0.05, 0) is 44.5 Å². The molecule has 1 aliphatic heterocycles. The Morgan fingerprint density at radius 1 is 1.41 bits per heavy atom. The van der Waals surface area contributed by atoms with Crippen LogP contribution in [0.1, 0.15) is 36.7 Å². The van der Waals surface area contributed by atoms with Gasteiger partial charge in [-0.2, -0.15) is 0 Å². The van der Waals surface area contributed by atoms with Crippen molar-refractivity contribution in [3.05, 3.63) is 29.3 Å². The number of rotatable bonds is 2. The SMILES string of the molecule is CC(O)C(=O)c1ccc2c(c1)C(C)(C)C(=O)N2. The predicted octanol–water partition coefficient (Wildman–Crippen LogP) is 1.48. The van der Waals surface area contributed by atoms with Crippen molar-refractivity contribution in [1.82, 2.24) is 0 Å². The fraction of sp³-hybridized carbons (Fsp3) is 0.385. The van der Waals surface area contributed by atoms with Gasteiger partial charge in [-0.3, -0.25) is 9.59 Å². The van der Waals surface area contributed by atoms with Crippen LogP contribution in [0.5, 0.6) is 0 Å². The molecule has 17 heavy (non-hydrogen) atoms. The van der Waals surface area contributed by atoms with Crippen molar-refractivity contribution in [3.63, 3.8) is 0 Å². The van der Waals surface area contributed by atoms with Crippen molar-refractivity contribution in [1.29, 1.82) is 0 Å². The lowest BCUT2D eigenvalue weighted by atomic mass is 9.85. The summed E-state index contributed by atoms with van der Waals surface area (Å²) in [5.74, 6) is -0.405. The molecule has 0 bridgehead atoms. The molecule has 0 fully saturated rings. The number of nitrogens with one attached hydrogen (secondary N) is 1. The van der Waals surface area contributed by atoms with E-state index in [2.05, 4.69) is 5.32 Å². The molecule has 1 amide bonds. The Balaban J connectivity index is 2.49. The maximum atomic E-state index is 11.7. The van der Waals surface area contributed by atoms with Crippen LogP contribution in [0.4, 0.5) is 5.69 Å². The number of hydrogen-bond acceptors (Lipinski definition) is 3. The fourth-order valence-electron chi connectivity index (χ4n) is 1.97. The Morgan fingerprint density at radius 3 is 2.65 bits per heavy atom. The lowest BCUT2D eigenvalue weighted by Crippen LogP contribution is -2.27. The van der Waals surface area contributed by atoms with E-state index in [4.69, 9.17) is 0 Å². The van der Waals surface area contributed by atoms with E-state index in [9.17, 15) is 14.7 Å². The summed E-state index contributed by atoms with van der Waals surface area (Å²) in [5.41, 5.74) is 1.34. The van der Waals surface area contributed by atoms with Gasteiger partial charge in [0.05, 0.1) is 5.41 Å². The van der Waals surface area contributed by atoms with Crippen molar-refractivity contribution in [2.45, 2.75) is 32.3 Å². The van der Waals surface area contributed by atoms with Crippen LogP contribution in [0.15, 0.2) is 18.2 Å². The summed E-state index contributed by atoms with van der Waals surface area (Å²) in [6, 6.07) is 5.01. The van der Waals surface area contributed by atoms with Gasteiger partial charge in [-0.15, -0.1) is 0 Å². The van der Waals surface area contributed by atoms with Gasteiger partial charge >= 0.3 is 0 Å². The molecule has 0 radical (unpaired) electrons. The average Bonchev–Trinajstić information content (AvgIpc) is 2.49. The highest BCUT2D eigenvalue weighted by molar-refractivity contribution is 6.07. The zero-order valence-electron chi connectivity index (χ0n) is 10.1. The number of carbonyl (C=O) groups excluding carboxylic acids is 2. The molecule has 4 nitrogen and oxygen atoms in total. The second-order valence-electron chi connectivity index (χ2n) is 4.88. The van der Waals surface area contributed by atoms with E-state index in [-0.39, 0.29) is 11.7 Å². The molecule has 0 saturated heterocycles. The van der Waals surface area contributed by atoms with Crippen molar-refractivity contribution >= 4 is 17.4 Å². The van der Waals surface area contributed by atoms with Crippen LogP contribution >= 0.6 is 0 Å². The molecule has 4 heteroatoms. The largest absolute Gasteiger partial charge is 0.385 e. The molecule has 0 spiro atoms. The van der Waals surface area contributed by atoms with Crippen LogP contribution in [0.3, 0.4) is 0 Å². The summed E-state index contributed by atoms with van der Waals surface area (Å²) in [5, 5.41) is 12.0. The zero-order valence-corrected chi connectivity index (χ0v) is 10.1. The molecule has 90 valence electrons. The van der Waals surface area contributed by atoms with E-state index in [1.807, 2.05) is 13.8 Å². The molecule has 0 saturated carbocycles. The highest BCUT2D eigenvalue weighted by atomic mass is 16.3. The van der Waals surface area contributed by atoms with Crippen LogP contribution in [0.2, 0.25) is 0 Å². The third kappa shape index (κ3) is 1.74. The Morgan fingerprint density at radius 2 is 2.06 bits per heavy atom. The molecule has 2 N–H and O–H groups in total. The van der Waals surface area contributed by atoms with Crippen LogP contribution in [-0.2, 0) is 10.2 Å². The number of Topliss-reactive ketones (excluding diaryl/α,β-unsaturated/α-hetero) is 1. The van der Waals surface area contributed by atoms with Crippen LogP contribution < -0.4 is 5.32 Å². The molecule has 1 aromatic carbocycles. The van der Waals surface area contributed by atoms with Gasteiger partial charge in [0, 0.05) is 11.3 Å². The molecule has 0 aliphatic carbocycles. The number of hydrogen-bond donors (Lipinski definition) is 2. The van der Waals surface area contributed by atoms with Crippen molar-refractivity contribution < 1.29 is 14.7 Å². The monoisotopic (exact) mass is 233 g/mol. The van der Waals surface area contributed by atoms with Crippen LogP contribution in [0.25, 0.3) is 0 Å². The molecule has 1 heterocycles.